The fraction of sp³-hybridized carbons (Fsp3) is 0.692. The van der Waals surface area contributed by atoms with E-state index in [1.54, 1.807) is 0 Å². The predicted octanol–water partition coefficient (Wildman–Crippen LogP) is 0.856. The lowest BCUT2D eigenvalue weighted by atomic mass is 10.2. The van der Waals surface area contributed by atoms with Crippen LogP contribution in [0.25, 0.3) is 0 Å². The summed E-state index contributed by atoms with van der Waals surface area (Å²) in [6, 6.07) is 4.54. The molecule has 5 heteroatoms. The minimum Gasteiger partial charge on any atom is -0.351 e. The van der Waals surface area contributed by atoms with Gasteiger partial charge in [-0.05, 0) is 38.6 Å². The molecule has 1 aromatic rings. The molecule has 2 rings (SSSR count). The Bertz CT molecular complexity index is 364. The third kappa shape index (κ3) is 2.97. The van der Waals surface area contributed by atoms with Gasteiger partial charge in [-0.2, -0.15) is 5.10 Å². The van der Waals surface area contributed by atoms with Crippen LogP contribution in [0.3, 0.4) is 0 Å². The molecule has 0 amide bonds. The number of hydrogen-bond acceptors (Lipinski definition) is 5. The van der Waals surface area contributed by atoms with Crippen molar-refractivity contribution in [3.05, 3.63) is 17.8 Å². The minimum atomic E-state index is 0.452. The maximum atomic E-state index is 5.55. The Morgan fingerprint density at radius 3 is 2.78 bits per heavy atom. The zero-order valence-electron chi connectivity index (χ0n) is 11.3. The van der Waals surface area contributed by atoms with Crippen LogP contribution in [0.4, 0.5) is 5.82 Å². The molecule has 5 nitrogen and oxygen atoms in total. The number of nitrogens with two attached hydrogens (primary N) is 1. The molecule has 1 saturated heterocycles. The van der Waals surface area contributed by atoms with E-state index in [1.807, 2.05) is 12.1 Å². The molecule has 2 heterocycles. The van der Waals surface area contributed by atoms with Crippen molar-refractivity contribution in [3.63, 3.8) is 0 Å². The SMILES string of the molecule is CCC1CN(C)CCCN1c1ccc(CN)nn1. The number of likely N-dealkylation sites (N-methyl/N-ethyl adjacent to an activating group) is 1. The molecular weight excluding hydrogens is 226 g/mol. The summed E-state index contributed by atoms with van der Waals surface area (Å²) in [6.45, 7) is 5.99. The fourth-order valence-corrected chi connectivity index (χ4v) is 2.51. The van der Waals surface area contributed by atoms with E-state index in [2.05, 4.69) is 34.0 Å². The first-order valence-corrected chi connectivity index (χ1v) is 6.72. The van der Waals surface area contributed by atoms with Crippen LogP contribution in [0.2, 0.25) is 0 Å². The Balaban J connectivity index is 2.17. The van der Waals surface area contributed by atoms with E-state index in [-0.39, 0.29) is 0 Å². The van der Waals surface area contributed by atoms with Gasteiger partial charge in [0.05, 0.1) is 5.69 Å². The third-order valence-electron chi connectivity index (χ3n) is 3.58. The van der Waals surface area contributed by atoms with Gasteiger partial charge in [-0.15, -0.1) is 5.10 Å². The van der Waals surface area contributed by atoms with Crippen LogP contribution in [0.1, 0.15) is 25.5 Å². The molecule has 18 heavy (non-hydrogen) atoms. The Hall–Kier alpha value is -1.20. The van der Waals surface area contributed by atoms with Crippen molar-refractivity contribution in [2.45, 2.75) is 32.4 Å². The Morgan fingerprint density at radius 2 is 2.17 bits per heavy atom. The quantitative estimate of drug-likeness (QED) is 0.861. The molecule has 0 bridgehead atoms. The Morgan fingerprint density at radius 1 is 1.33 bits per heavy atom. The number of anilines is 1. The van der Waals surface area contributed by atoms with E-state index in [0.717, 1.165) is 37.6 Å². The van der Waals surface area contributed by atoms with E-state index in [4.69, 9.17) is 5.73 Å². The second-order valence-electron chi connectivity index (χ2n) is 4.96. The molecule has 1 unspecified atom stereocenters. The molecule has 1 fully saturated rings. The molecule has 0 aliphatic carbocycles. The summed E-state index contributed by atoms with van der Waals surface area (Å²) in [5, 5.41) is 8.48. The van der Waals surface area contributed by atoms with Gasteiger partial charge in [0.1, 0.15) is 0 Å². The van der Waals surface area contributed by atoms with Crippen molar-refractivity contribution in [2.24, 2.45) is 5.73 Å². The summed E-state index contributed by atoms with van der Waals surface area (Å²) in [6.07, 6.45) is 2.30. The van der Waals surface area contributed by atoms with E-state index in [0.29, 0.717) is 12.6 Å². The largest absolute Gasteiger partial charge is 0.351 e. The van der Waals surface area contributed by atoms with Gasteiger partial charge in [0.25, 0.3) is 0 Å². The van der Waals surface area contributed by atoms with Crippen LogP contribution in [-0.4, -0.2) is 47.8 Å². The molecule has 0 radical (unpaired) electrons. The van der Waals surface area contributed by atoms with Crippen molar-refractivity contribution < 1.29 is 0 Å². The molecule has 0 aromatic carbocycles. The molecule has 0 saturated carbocycles. The number of rotatable bonds is 3. The minimum absolute atomic E-state index is 0.452. The molecule has 0 spiro atoms. The monoisotopic (exact) mass is 249 g/mol. The van der Waals surface area contributed by atoms with Crippen molar-refractivity contribution in [1.29, 1.82) is 0 Å². The van der Waals surface area contributed by atoms with E-state index in [9.17, 15) is 0 Å². The summed E-state index contributed by atoms with van der Waals surface area (Å²) < 4.78 is 0. The van der Waals surface area contributed by atoms with Crippen LogP contribution < -0.4 is 10.6 Å². The second kappa shape index (κ2) is 6.11. The maximum Gasteiger partial charge on any atom is 0.151 e. The fourth-order valence-electron chi connectivity index (χ4n) is 2.51. The van der Waals surface area contributed by atoms with Gasteiger partial charge in [0, 0.05) is 25.7 Å². The lowest BCUT2D eigenvalue weighted by Crippen LogP contribution is -2.40. The molecule has 1 aromatic heterocycles. The smallest absolute Gasteiger partial charge is 0.151 e. The van der Waals surface area contributed by atoms with Crippen molar-refractivity contribution in [1.82, 2.24) is 15.1 Å². The second-order valence-corrected chi connectivity index (χ2v) is 4.96. The van der Waals surface area contributed by atoms with Gasteiger partial charge in [0.2, 0.25) is 0 Å². The highest BCUT2D eigenvalue weighted by molar-refractivity contribution is 5.39. The average molecular weight is 249 g/mol. The van der Waals surface area contributed by atoms with Crippen molar-refractivity contribution >= 4 is 5.82 Å². The van der Waals surface area contributed by atoms with Gasteiger partial charge >= 0.3 is 0 Å². The molecular formula is C13H23N5. The van der Waals surface area contributed by atoms with Gasteiger partial charge < -0.3 is 15.5 Å². The first kappa shape index (κ1) is 13.2. The molecule has 1 aliphatic rings. The third-order valence-corrected chi connectivity index (χ3v) is 3.58. The Labute approximate surface area is 109 Å². The zero-order chi connectivity index (χ0) is 13.0. The number of nitrogens with zero attached hydrogens (tertiary/aromatic N) is 4. The van der Waals surface area contributed by atoms with Crippen LogP contribution in [0.5, 0.6) is 0 Å². The van der Waals surface area contributed by atoms with Gasteiger partial charge in [-0.3, -0.25) is 0 Å². The van der Waals surface area contributed by atoms with Crippen LogP contribution in [0.15, 0.2) is 12.1 Å². The average Bonchev–Trinajstić information content (AvgIpc) is 2.60. The van der Waals surface area contributed by atoms with Crippen LogP contribution in [0, 0.1) is 0 Å². The van der Waals surface area contributed by atoms with Crippen LogP contribution >= 0.6 is 0 Å². The van der Waals surface area contributed by atoms with Crippen LogP contribution in [-0.2, 0) is 6.54 Å². The van der Waals surface area contributed by atoms with Crippen molar-refractivity contribution in [2.75, 3.05) is 31.6 Å². The predicted molar refractivity (Wildman–Crippen MR) is 73.5 cm³/mol. The highest BCUT2D eigenvalue weighted by Crippen LogP contribution is 2.19. The van der Waals surface area contributed by atoms with E-state index >= 15 is 0 Å². The normalized spacial score (nSPS) is 21.9. The first-order valence-electron chi connectivity index (χ1n) is 6.72. The number of aromatic nitrogens is 2. The first-order chi connectivity index (χ1) is 8.74. The summed E-state index contributed by atoms with van der Waals surface area (Å²) in [7, 11) is 2.19. The molecule has 1 atom stereocenters. The molecule has 100 valence electrons. The standard InChI is InChI=1S/C13H23N5/c1-3-12-10-17(2)7-4-8-18(12)13-6-5-11(9-14)15-16-13/h5-6,12H,3-4,7-10,14H2,1-2H3. The van der Waals surface area contributed by atoms with Gasteiger partial charge in [0.15, 0.2) is 5.82 Å². The summed E-state index contributed by atoms with van der Waals surface area (Å²) >= 11 is 0. The summed E-state index contributed by atoms with van der Waals surface area (Å²) in [5.41, 5.74) is 6.40. The topological polar surface area (TPSA) is 58.3 Å². The Kier molecular flexibility index (Phi) is 4.49. The highest BCUT2D eigenvalue weighted by Gasteiger charge is 2.23. The lowest BCUT2D eigenvalue weighted by molar-refractivity contribution is 0.327. The lowest BCUT2D eigenvalue weighted by Gasteiger charge is -2.30. The van der Waals surface area contributed by atoms with Crippen molar-refractivity contribution in [3.8, 4) is 0 Å². The maximum absolute atomic E-state index is 5.55. The molecule has 1 aliphatic heterocycles. The summed E-state index contributed by atoms with van der Waals surface area (Å²) in [4.78, 5) is 4.78. The zero-order valence-corrected chi connectivity index (χ0v) is 11.3. The van der Waals surface area contributed by atoms with E-state index in [1.165, 1.54) is 6.42 Å². The summed E-state index contributed by atoms with van der Waals surface area (Å²) in [5.74, 6) is 0.981. The number of hydrogen-bond donors (Lipinski definition) is 1. The van der Waals surface area contributed by atoms with Gasteiger partial charge in [-0.25, -0.2) is 0 Å². The van der Waals surface area contributed by atoms with E-state index < -0.39 is 0 Å². The van der Waals surface area contributed by atoms with Gasteiger partial charge in [-0.1, -0.05) is 6.92 Å². The molecule has 2 N–H and O–H groups in total. The highest BCUT2D eigenvalue weighted by atomic mass is 15.3.